The van der Waals surface area contributed by atoms with Gasteiger partial charge in [0.2, 0.25) is 0 Å². The first-order chi connectivity index (χ1) is 10.6. The van der Waals surface area contributed by atoms with Crippen LogP contribution >= 0.6 is 0 Å². The molecule has 0 bridgehead atoms. The standard InChI is InChI=1S/C13H19N3O6/c1-3-8-10(15-19)11(21-7-6-20-2)12(22-8)16-5-4-9(17)14-13(16)18/h4-5,8,11-12,19H,3,6-7H2,1-2H3,(H,14,17,18)/b15-10-/t8-,11-,12-/m1/s1. The lowest BCUT2D eigenvalue weighted by molar-refractivity contribution is -0.0707. The van der Waals surface area contributed by atoms with E-state index in [1.807, 2.05) is 6.92 Å². The number of aromatic nitrogens is 2. The topological polar surface area (TPSA) is 115 Å². The molecule has 1 aromatic heterocycles. The zero-order chi connectivity index (χ0) is 16.1. The number of oxime groups is 1. The number of hydrogen-bond donors (Lipinski definition) is 2. The molecule has 1 saturated heterocycles. The number of hydrogen-bond acceptors (Lipinski definition) is 7. The van der Waals surface area contributed by atoms with Crippen molar-refractivity contribution in [3.05, 3.63) is 33.1 Å². The molecule has 0 radical (unpaired) electrons. The summed E-state index contributed by atoms with van der Waals surface area (Å²) in [6.45, 7) is 2.45. The van der Waals surface area contributed by atoms with E-state index in [9.17, 15) is 14.8 Å². The van der Waals surface area contributed by atoms with Crippen molar-refractivity contribution in [2.24, 2.45) is 5.16 Å². The molecule has 0 amide bonds. The van der Waals surface area contributed by atoms with Crippen LogP contribution in [0, 0.1) is 0 Å². The highest BCUT2D eigenvalue weighted by Gasteiger charge is 2.43. The second-order valence-electron chi connectivity index (χ2n) is 4.75. The molecule has 1 aliphatic heterocycles. The fourth-order valence-corrected chi connectivity index (χ4v) is 2.33. The van der Waals surface area contributed by atoms with Crippen molar-refractivity contribution >= 4 is 5.71 Å². The monoisotopic (exact) mass is 313 g/mol. The van der Waals surface area contributed by atoms with E-state index >= 15 is 0 Å². The molecule has 0 spiro atoms. The molecule has 0 aromatic carbocycles. The number of aromatic amines is 1. The van der Waals surface area contributed by atoms with Gasteiger partial charge in [-0.1, -0.05) is 12.1 Å². The summed E-state index contributed by atoms with van der Waals surface area (Å²) in [5, 5.41) is 12.5. The molecular formula is C13H19N3O6. The number of ether oxygens (including phenoxy) is 3. The molecule has 9 heteroatoms. The second kappa shape index (κ2) is 7.34. The van der Waals surface area contributed by atoms with Gasteiger partial charge in [0.1, 0.15) is 17.9 Å². The molecule has 1 aromatic rings. The van der Waals surface area contributed by atoms with Crippen molar-refractivity contribution in [1.29, 1.82) is 0 Å². The fraction of sp³-hybridized carbons (Fsp3) is 0.615. The average Bonchev–Trinajstić information content (AvgIpc) is 2.85. The highest BCUT2D eigenvalue weighted by molar-refractivity contribution is 5.94. The minimum atomic E-state index is -0.822. The van der Waals surface area contributed by atoms with E-state index in [0.29, 0.717) is 18.7 Å². The Morgan fingerprint density at radius 2 is 2.23 bits per heavy atom. The van der Waals surface area contributed by atoms with Gasteiger partial charge in [-0.2, -0.15) is 0 Å². The van der Waals surface area contributed by atoms with Crippen molar-refractivity contribution in [3.8, 4) is 0 Å². The van der Waals surface area contributed by atoms with E-state index in [-0.39, 0.29) is 6.61 Å². The zero-order valence-electron chi connectivity index (χ0n) is 12.4. The molecule has 0 saturated carbocycles. The molecule has 3 atom stereocenters. The molecule has 2 rings (SSSR count). The van der Waals surface area contributed by atoms with Gasteiger partial charge in [-0.05, 0) is 6.42 Å². The van der Waals surface area contributed by atoms with E-state index in [0.717, 1.165) is 0 Å². The van der Waals surface area contributed by atoms with Crippen LogP contribution in [0.2, 0.25) is 0 Å². The highest BCUT2D eigenvalue weighted by Crippen LogP contribution is 2.29. The molecule has 22 heavy (non-hydrogen) atoms. The molecule has 2 heterocycles. The van der Waals surface area contributed by atoms with Crippen LogP contribution < -0.4 is 11.2 Å². The maximum absolute atomic E-state index is 11.9. The Morgan fingerprint density at radius 3 is 2.82 bits per heavy atom. The summed E-state index contributed by atoms with van der Waals surface area (Å²) in [5.74, 6) is 0. The van der Waals surface area contributed by atoms with Crippen LogP contribution in [-0.4, -0.2) is 53.0 Å². The van der Waals surface area contributed by atoms with Crippen LogP contribution in [0.5, 0.6) is 0 Å². The van der Waals surface area contributed by atoms with Gasteiger partial charge < -0.3 is 19.4 Å². The lowest BCUT2D eigenvalue weighted by Crippen LogP contribution is -2.38. The molecule has 1 aliphatic rings. The molecule has 1 fully saturated rings. The molecule has 2 N–H and O–H groups in total. The van der Waals surface area contributed by atoms with E-state index in [4.69, 9.17) is 14.2 Å². The van der Waals surface area contributed by atoms with E-state index in [2.05, 4.69) is 10.1 Å². The second-order valence-corrected chi connectivity index (χ2v) is 4.75. The van der Waals surface area contributed by atoms with Crippen molar-refractivity contribution in [2.45, 2.75) is 31.8 Å². The maximum Gasteiger partial charge on any atom is 0.330 e. The third-order valence-corrected chi connectivity index (χ3v) is 3.38. The largest absolute Gasteiger partial charge is 0.411 e. The van der Waals surface area contributed by atoms with Crippen molar-refractivity contribution < 1.29 is 19.4 Å². The van der Waals surface area contributed by atoms with Crippen molar-refractivity contribution in [3.63, 3.8) is 0 Å². The lowest BCUT2D eigenvalue weighted by Gasteiger charge is -2.20. The Balaban J connectivity index is 2.33. The summed E-state index contributed by atoms with van der Waals surface area (Å²) in [7, 11) is 1.54. The number of nitrogens with one attached hydrogen (secondary N) is 1. The first-order valence-corrected chi connectivity index (χ1v) is 6.91. The number of H-pyrrole nitrogens is 1. The van der Waals surface area contributed by atoms with Gasteiger partial charge in [0.25, 0.3) is 5.56 Å². The van der Waals surface area contributed by atoms with Crippen LogP contribution in [0.15, 0.2) is 27.0 Å². The number of methoxy groups -OCH3 is 1. The molecule has 9 nitrogen and oxygen atoms in total. The summed E-state index contributed by atoms with van der Waals surface area (Å²) in [6.07, 6.45) is -0.156. The van der Waals surface area contributed by atoms with Gasteiger partial charge in [-0.15, -0.1) is 0 Å². The Hall–Kier alpha value is -1.97. The molecule has 0 aliphatic carbocycles. The highest BCUT2D eigenvalue weighted by atomic mass is 16.6. The first kappa shape index (κ1) is 16.4. The minimum Gasteiger partial charge on any atom is -0.411 e. The lowest BCUT2D eigenvalue weighted by atomic mass is 10.1. The van der Waals surface area contributed by atoms with Crippen molar-refractivity contribution in [2.75, 3.05) is 20.3 Å². The van der Waals surface area contributed by atoms with Crippen LogP contribution in [0.1, 0.15) is 19.6 Å². The first-order valence-electron chi connectivity index (χ1n) is 6.91. The minimum absolute atomic E-state index is 0.245. The Kier molecular flexibility index (Phi) is 5.47. The average molecular weight is 313 g/mol. The van der Waals surface area contributed by atoms with Gasteiger partial charge in [-0.25, -0.2) is 4.79 Å². The maximum atomic E-state index is 11.9. The third-order valence-electron chi connectivity index (χ3n) is 3.38. The predicted molar refractivity (Wildman–Crippen MR) is 76.4 cm³/mol. The summed E-state index contributed by atoms with van der Waals surface area (Å²) in [6, 6.07) is 1.21. The Labute approximate surface area is 126 Å². The van der Waals surface area contributed by atoms with Crippen LogP contribution in [0.3, 0.4) is 0 Å². The van der Waals surface area contributed by atoms with Gasteiger partial charge in [0, 0.05) is 19.4 Å². The smallest absolute Gasteiger partial charge is 0.330 e. The van der Waals surface area contributed by atoms with Crippen molar-refractivity contribution in [1.82, 2.24) is 9.55 Å². The Bertz CT molecular complexity index is 637. The zero-order valence-corrected chi connectivity index (χ0v) is 12.4. The van der Waals surface area contributed by atoms with E-state index in [1.54, 1.807) is 0 Å². The van der Waals surface area contributed by atoms with E-state index in [1.165, 1.54) is 23.9 Å². The van der Waals surface area contributed by atoms with Gasteiger partial charge >= 0.3 is 5.69 Å². The van der Waals surface area contributed by atoms with Crippen LogP contribution in [0.25, 0.3) is 0 Å². The van der Waals surface area contributed by atoms with E-state index < -0.39 is 29.7 Å². The summed E-state index contributed by atoms with van der Waals surface area (Å²) < 4.78 is 17.5. The molecule has 122 valence electrons. The van der Waals surface area contributed by atoms with Gasteiger partial charge in [0.15, 0.2) is 6.23 Å². The van der Waals surface area contributed by atoms with Gasteiger partial charge in [-0.3, -0.25) is 14.3 Å². The van der Waals surface area contributed by atoms with Crippen LogP contribution in [0.4, 0.5) is 0 Å². The molecule has 0 unspecified atom stereocenters. The van der Waals surface area contributed by atoms with Gasteiger partial charge in [0.05, 0.1) is 13.2 Å². The summed E-state index contributed by atoms with van der Waals surface area (Å²) in [4.78, 5) is 25.3. The number of rotatable bonds is 6. The normalized spacial score (nSPS) is 26.6. The SMILES string of the molecule is CC[C@H]1O[C@@H](n2ccc(=O)[nH]c2=O)[C@H](OCCOC)/C1=N\O. The summed E-state index contributed by atoms with van der Waals surface area (Å²) >= 11 is 0. The fourth-order valence-electron chi connectivity index (χ4n) is 2.33. The van der Waals surface area contributed by atoms with Crippen LogP contribution in [-0.2, 0) is 14.2 Å². The number of nitrogens with zero attached hydrogens (tertiary/aromatic N) is 2. The predicted octanol–water partition coefficient (Wildman–Crippen LogP) is -0.294. The third kappa shape index (κ3) is 3.26. The quantitative estimate of drug-likeness (QED) is 0.423. The summed E-state index contributed by atoms with van der Waals surface area (Å²) in [5.41, 5.74) is -0.812. The Morgan fingerprint density at radius 1 is 1.45 bits per heavy atom. The molecular weight excluding hydrogens is 294 g/mol.